The molecule has 2 aromatic rings. The van der Waals surface area contributed by atoms with Gasteiger partial charge in [-0.3, -0.25) is 0 Å². The normalized spacial score (nSPS) is 12.3. The van der Waals surface area contributed by atoms with Crippen molar-refractivity contribution in [3.63, 3.8) is 0 Å². The number of benzene rings is 2. The van der Waals surface area contributed by atoms with Gasteiger partial charge in [0.1, 0.15) is 0 Å². The van der Waals surface area contributed by atoms with E-state index in [9.17, 15) is 0 Å². The van der Waals surface area contributed by atoms with Crippen molar-refractivity contribution < 1.29 is 0 Å². The van der Waals surface area contributed by atoms with Gasteiger partial charge >= 0.3 is 0 Å². The quantitative estimate of drug-likeness (QED) is 0.532. The molecule has 106 valence electrons. The van der Waals surface area contributed by atoms with Gasteiger partial charge in [0.05, 0.1) is 5.69 Å². The van der Waals surface area contributed by atoms with Crippen LogP contribution in [-0.2, 0) is 0 Å². The molecule has 0 heterocycles. The number of aryl methyl sites for hydroxylation is 2. The SMILES string of the molecule is Cc1cc(C)cc(C(C)Nc2c(Br)cc(Br)cc2Br)c1. The minimum absolute atomic E-state index is 0.238. The number of anilines is 1. The number of nitrogens with one attached hydrogen (secondary N) is 1. The molecule has 0 aromatic heterocycles. The van der Waals surface area contributed by atoms with Gasteiger partial charge in [0, 0.05) is 19.5 Å². The van der Waals surface area contributed by atoms with Gasteiger partial charge in [-0.1, -0.05) is 45.3 Å². The highest BCUT2D eigenvalue weighted by Gasteiger charge is 2.12. The molecule has 0 radical (unpaired) electrons. The smallest absolute Gasteiger partial charge is 0.0634 e. The molecule has 0 saturated heterocycles. The Labute approximate surface area is 145 Å². The first-order chi connectivity index (χ1) is 9.36. The summed E-state index contributed by atoms with van der Waals surface area (Å²) in [6.07, 6.45) is 0. The Morgan fingerprint density at radius 2 is 1.35 bits per heavy atom. The molecule has 2 rings (SSSR count). The Kier molecular flexibility index (Phi) is 5.32. The van der Waals surface area contributed by atoms with E-state index in [1.807, 2.05) is 12.1 Å². The molecule has 0 aliphatic carbocycles. The molecule has 1 unspecified atom stereocenters. The molecule has 0 bridgehead atoms. The zero-order valence-corrected chi connectivity index (χ0v) is 16.4. The summed E-state index contributed by atoms with van der Waals surface area (Å²) < 4.78 is 3.12. The fourth-order valence-corrected chi connectivity index (χ4v) is 4.73. The second-order valence-corrected chi connectivity index (χ2v) is 7.66. The van der Waals surface area contributed by atoms with Gasteiger partial charge in [-0.05, 0) is 70.3 Å². The first-order valence-corrected chi connectivity index (χ1v) is 8.74. The van der Waals surface area contributed by atoms with Gasteiger partial charge in [-0.25, -0.2) is 0 Å². The van der Waals surface area contributed by atoms with Gasteiger partial charge in [0.25, 0.3) is 0 Å². The molecular formula is C16H16Br3N. The molecule has 0 aliphatic heterocycles. The van der Waals surface area contributed by atoms with E-state index in [1.165, 1.54) is 16.7 Å². The van der Waals surface area contributed by atoms with Crippen molar-refractivity contribution in [3.8, 4) is 0 Å². The average Bonchev–Trinajstić information content (AvgIpc) is 2.32. The summed E-state index contributed by atoms with van der Waals surface area (Å²) in [4.78, 5) is 0. The van der Waals surface area contributed by atoms with Crippen LogP contribution in [0.25, 0.3) is 0 Å². The van der Waals surface area contributed by atoms with Crippen LogP contribution in [0.2, 0.25) is 0 Å². The lowest BCUT2D eigenvalue weighted by atomic mass is 10.0. The van der Waals surface area contributed by atoms with E-state index in [2.05, 4.69) is 92.1 Å². The van der Waals surface area contributed by atoms with E-state index >= 15 is 0 Å². The topological polar surface area (TPSA) is 12.0 Å². The summed E-state index contributed by atoms with van der Waals surface area (Å²) in [7, 11) is 0. The lowest BCUT2D eigenvalue weighted by Crippen LogP contribution is -2.08. The van der Waals surface area contributed by atoms with Gasteiger partial charge in [-0.2, -0.15) is 0 Å². The Bertz CT molecular complexity index is 594. The van der Waals surface area contributed by atoms with Crippen molar-refractivity contribution in [2.75, 3.05) is 5.32 Å². The molecule has 1 nitrogen and oxygen atoms in total. The van der Waals surface area contributed by atoms with Crippen molar-refractivity contribution in [2.45, 2.75) is 26.8 Å². The number of hydrogen-bond acceptors (Lipinski definition) is 1. The first kappa shape index (κ1) is 16.1. The maximum Gasteiger partial charge on any atom is 0.0634 e. The molecule has 0 fully saturated rings. The number of halogens is 3. The molecule has 0 amide bonds. The van der Waals surface area contributed by atoms with Crippen molar-refractivity contribution in [3.05, 3.63) is 60.4 Å². The van der Waals surface area contributed by atoms with Gasteiger partial charge in [-0.15, -0.1) is 0 Å². The summed E-state index contributed by atoms with van der Waals surface area (Å²) in [5.41, 5.74) is 4.95. The van der Waals surface area contributed by atoms with Crippen molar-refractivity contribution in [2.24, 2.45) is 0 Å². The van der Waals surface area contributed by atoms with Crippen LogP contribution in [0.5, 0.6) is 0 Å². The zero-order valence-electron chi connectivity index (χ0n) is 11.6. The van der Waals surface area contributed by atoms with Crippen molar-refractivity contribution in [1.29, 1.82) is 0 Å². The standard InChI is InChI=1S/C16H16Br3N/c1-9-4-10(2)6-12(5-9)11(3)20-16-14(18)7-13(17)8-15(16)19/h4-8,11,20H,1-3H3. The van der Waals surface area contributed by atoms with Crippen LogP contribution < -0.4 is 5.32 Å². The fourth-order valence-electron chi connectivity index (χ4n) is 2.24. The minimum atomic E-state index is 0.238. The summed E-state index contributed by atoms with van der Waals surface area (Å²) in [6.45, 7) is 6.44. The van der Waals surface area contributed by atoms with E-state index in [0.29, 0.717) is 0 Å². The molecule has 1 N–H and O–H groups in total. The Morgan fingerprint density at radius 1 is 0.850 bits per heavy atom. The van der Waals surface area contributed by atoms with E-state index in [-0.39, 0.29) is 6.04 Å². The molecule has 0 aliphatic rings. The van der Waals surface area contributed by atoms with Crippen LogP contribution >= 0.6 is 47.8 Å². The molecule has 2 aromatic carbocycles. The third-order valence-electron chi connectivity index (χ3n) is 3.11. The summed E-state index contributed by atoms with van der Waals surface area (Å²) >= 11 is 10.7. The Morgan fingerprint density at radius 3 is 1.85 bits per heavy atom. The summed E-state index contributed by atoms with van der Waals surface area (Å²) in [5.74, 6) is 0. The minimum Gasteiger partial charge on any atom is -0.377 e. The van der Waals surface area contributed by atoms with Crippen molar-refractivity contribution >= 4 is 53.5 Å². The number of hydrogen-bond donors (Lipinski definition) is 1. The Balaban J connectivity index is 2.30. The van der Waals surface area contributed by atoms with E-state index in [1.54, 1.807) is 0 Å². The molecule has 20 heavy (non-hydrogen) atoms. The summed E-state index contributed by atoms with van der Waals surface area (Å²) in [5, 5.41) is 3.56. The predicted octanol–water partition coefficient (Wildman–Crippen LogP) is 6.76. The molecule has 0 saturated carbocycles. The maximum absolute atomic E-state index is 3.61. The molecule has 4 heteroatoms. The zero-order chi connectivity index (χ0) is 14.9. The predicted molar refractivity (Wildman–Crippen MR) is 97.5 cm³/mol. The fraction of sp³-hybridized carbons (Fsp3) is 0.250. The second-order valence-electron chi connectivity index (χ2n) is 5.03. The first-order valence-electron chi connectivity index (χ1n) is 6.36. The van der Waals surface area contributed by atoms with E-state index in [4.69, 9.17) is 0 Å². The maximum atomic E-state index is 3.61. The highest BCUT2D eigenvalue weighted by molar-refractivity contribution is 9.11. The molecule has 0 spiro atoms. The van der Waals surface area contributed by atoms with E-state index in [0.717, 1.165) is 19.1 Å². The third-order valence-corrected chi connectivity index (χ3v) is 4.82. The van der Waals surface area contributed by atoms with Crippen LogP contribution in [0.1, 0.15) is 29.7 Å². The van der Waals surface area contributed by atoms with Crippen molar-refractivity contribution in [1.82, 2.24) is 0 Å². The lowest BCUT2D eigenvalue weighted by Gasteiger charge is -2.19. The van der Waals surface area contributed by atoms with Gasteiger partial charge in [0.15, 0.2) is 0 Å². The van der Waals surface area contributed by atoms with E-state index < -0.39 is 0 Å². The van der Waals surface area contributed by atoms with Crippen LogP contribution in [-0.4, -0.2) is 0 Å². The van der Waals surface area contributed by atoms with Crippen LogP contribution in [0.15, 0.2) is 43.7 Å². The largest absolute Gasteiger partial charge is 0.377 e. The molecular weight excluding hydrogens is 446 g/mol. The summed E-state index contributed by atoms with van der Waals surface area (Å²) in [6, 6.07) is 11.0. The van der Waals surface area contributed by atoms with Crippen LogP contribution in [0.3, 0.4) is 0 Å². The van der Waals surface area contributed by atoms with Crippen LogP contribution in [0.4, 0.5) is 5.69 Å². The Hall–Kier alpha value is -0.320. The molecule has 1 atom stereocenters. The van der Waals surface area contributed by atoms with Gasteiger partial charge in [0.2, 0.25) is 0 Å². The van der Waals surface area contributed by atoms with Crippen LogP contribution in [0, 0.1) is 13.8 Å². The highest BCUT2D eigenvalue weighted by atomic mass is 79.9. The highest BCUT2D eigenvalue weighted by Crippen LogP contribution is 2.36. The third kappa shape index (κ3) is 3.86. The van der Waals surface area contributed by atoms with Gasteiger partial charge < -0.3 is 5.32 Å². The average molecular weight is 462 g/mol. The monoisotopic (exact) mass is 459 g/mol. The lowest BCUT2D eigenvalue weighted by molar-refractivity contribution is 0.878. The number of rotatable bonds is 3. The second kappa shape index (κ2) is 6.63.